The van der Waals surface area contributed by atoms with Crippen molar-refractivity contribution in [2.24, 2.45) is 0 Å². The molecule has 2 aromatic rings. The smallest absolute Gasteiger partial charge is 0.335 e. The molecule has 0 aliphatic carbocycles. The van der Waals surface area contributed by atoms with E-state index in [1.807, 2.05) is 6.92 Å². The van der Waals surface area contributed by atoms with Gasteiger partial charge in [0.15, 0.2) is 0 Å². The Morgan fingerprint density at radius 3 is 2.29 bits per heavy atom. The van der Waals surface area contributed by atoms with Gasteiger partial charge in [-0.15, -0.1) is 0 Å². The lowest BCUT2D eigenvalue weighted by Gasteiger charge is -2.11. The van der Waals surface area contributed by atoms with E-state index in [0.717, 1.165) is 11.6 Å². The first-order valence-corrected chi connectivity index (χ1v) is 7.50. The van der Waals surface area contributed by atoms with E-state index in [2.05, 4.69) is 4.72 Å². The molecular weight excluding hydrogens is 292 g/mol. The highest BCUT2D eigenvalue weighted by Gasteiger charge is 2.19. The molecule has 6 nitrogen and oxygen atoms in total. The van der Waals surface area contributed by atoms with Gasteiger partial charge >= 0.3 is 5.97 Å². The van der Waals surface area contributed by atoms with Gasteiger partial charge in [0.2, 0.25) is 0 Å². The Hall–Kier alpha value is -2.54. The lowest BCUT2D eigenvalue weighted by Crippen LogP contribution is -2.15. The number of nitrogens with one attached hydrogen (secondary N) is 1. The molecule has 2 aromatic carbocycles. The van der Waals surface area contributed by atoms with Crippen molar-refractivity contribution < 1.29 is 18.3 Å². The summed E-state index contributed by atoms with van der Waals surface area (Å²) in [6.07, 6.45) is 0. The molecule has 0 heterocycles. The molecule has 0 aliphatic heterocycles. The van der Waals surface area contributed by atoms with E-state index < -0.39 is 16.0 Å². The predicted octanol–water partition coefficient (Wildman–Crippen LogP) is 2.08. The van der Waals surface area contributed by atoms with Crippen LogP contribution in [0.25, 0.3) is 0 Å². The minimum absolute atomic E-state index is 0.0678. The van der Waals surface area contributed by atoms with E-state index in [1.54, 1.807) is 24.3 Å². The number of hydrogen-bond donors (Lipinski definition) is 3. The van der Waals surface area contributed by atoms with Crippen LogP contribution in [0.4, 0.5) is 11.4 Å². The predicted molar refractivity (Wildman–Crippen MR) is 79.8 cm³/mol. The summed E-state index contributed by atoms with van der Waals surface area (Å²) in [6, 6.07) is 10.3. The van der Waals surface area contributed by atoms with Crippen LogP contribution in [-0.2, 0) is 10.0 Å². The van der Waals surface area contributed by atoms with E-state index in [0.29, 0.717) is 5.69 Å². The van der Waals surface area contributed by atoms with Crippen LogP contribution in [0.3, 0.4) is 0 Å². The molecule has 0 spiro atoms. The molecule has 0 atom stereocenters. The van der Waals surface area contributed by atoms with Gasteiger partial charge in [0.25, 0.3) is 10.0 Å². The Balaban J connectivity index is 2.35. The highest BCUT2D eigenvalue weighted by atomic mass is 32.2. The van der Waals surface area contributed by atoms with Crippen LogP contribution in [0.5, 0.6) is 0 Å². The zero-order valence-electron chi connectivity index (χ0n) is 11.2. The van der Waals surface area contributed by atoms with Gasteiger partial charge < -0.3 is 10.8 Å². The summed E-state index contributed by atoms with van der Waals surface area (Å²) in [5.41, 5.74) is 6.86. The summed E-state index contributed by atoms with van der Waals surface area (Å²) >= 11 is 0. The number of nitrogens with two attached hydrogens (primary N) is 1. The summed E-state index contributed by atoms with van der Waals surface area (Å²) in [5, 5.41) is 8.84. The topological polar surface area (TPSA) is 109 Å². The standard InChI is InChI=1S/C14H14N2O4S/c1-9-2-5-11(6-3-9)16-21(19,20)13-7-4-10(14(17)18)8-12(13)15/h2-8,16H,15H2,1H3,(H,17,18). The van der Waals surface area contributed by atoms with Gasteiger partial charge in [0.05, 0.1) is 11.3 Å². The average Bonchev–Trinajstić information content (AvgIpc) is 2.40. The third-order valence-electron chi connectivity index (χ3n) is 2.85. The first-order chi connectivity index (χ1) is 9.79. The lowest BCUT2D eigenvalue weighted by molar-refractivity contribution is 0.0697. The molecular formula is C14H14N2O4S. The molecule has 7 heteroatoms. The number of benzene rings is 2. The average molecular weight is 306 g/mol. The molecule has 4 N–H and O–H groups in total. The number of rotatable bonds is 4. The van der Waals surface area contributed by atoms with Crippen molar-refractivity contribution in [1.82, 2.24) is 0 Å². The monoisotopic (exact) mass is 306 g/mol. The second-order valence-electron chi connectivity index (χ2n) is 4.53. The molecule has 0 aromatic heterocycles. The number of carbonyl (C=O) groups is 1. The summed E-state index contributed by atoms with van der Waals surface area (Å²) in [7, 11) is -3.87. The Morgan fingerprint density at radius 2 is 1.76 bits per heavy atom. The minimum Gasteiger partial charge on any atom is -0.478 e. The molecule has 0 bridgehead atoms. The van der Waals surface area contributed by atoms with Crippen molar-refractivity contribution in [1.29, 1.82) is 0 Å². The molecule has 0 unspecified atom stereocenters. The van der Waals surface area contributed by atoms with Crippen LogP contribution in [0, 0.1) is 6.92 Å². The van der Waals surface area contributed by atoms with Crippen LogP contribution in [-0.4, -0.2) is 19.5 Å². The summed E-state index contributed by atoms with van der Waals surface area (Å²) in [6.45, 7) is 1.89. The lowest BCUT2D eigenvalue weighted by atomic mass is 10.2. The number of sulfonamides is 1. The van der Waals surface area contributed by atoms with Crippen molar-refractivity contribution in [2.75, 3.05) is 10.5 Å². The fourth-order valence-electron chi connectivity index (χ4n) is 1.76. The normalized spacial score (nSPS) is 11.1. The molecule has 0 amide bonds. The third kappa shape index (κ3) is 3.32. The van der Waals surface area contributed by atoms with E-state index in [-0.39, 0.29) is 16.1 Å². The number of carboxylic acid groups (broad SMARTS) is 1. The molecule has 110 valence electrons. The number of anilines is 2. The van der Waals surface area contributed by atoms with E-state index in [9.17, 15) is 13.2 Å². The highest BCUT2D eigenvalue weighted by molar-refractivity contribution is 7.92. The molecule has 0 saturated heterocycles. The summed E-state index contributed by atoms with van der Waals surface area (Å²) < 4.78 is 26.9. The Bertz CT molecular complexity index is 783. The molecule has 0 aliphatic rings. The maximum Gasteiger partial charge on any atom is 0.335 e. The number of hydrogen-bond acceptors (Lipinski definition) is 4. The fraction of sp³-hybridized carbons (Fsp3) is 0.0714. The Morgan fingerprint density at radius 1 is 1.14 bits per heavy atom. The highest BCUT2D eigenvalue weighted by Crippen LogP contribution is 2.23. The zero-order chi connectivity index (χ0) is 15.6. The van der Waals surface area contributed by atoms with Crippen LogP contribution >= 0.6 is 0 Å². The first-order valence-electron chi connectivity index (χ1n) is 6.02. The van der Waals surface area contributed by atoms with Crippen molar-refractivity contribution in [3.63, 3.8) is 0 Å². The zero-order valence-corrected chi connectivity index (χ0v) is 12.0. The van der Waals surface area contributed by atoms with E-state index in [1.165, 1.54) is 12.1 Å². The van der Waals surface area contributed by atoms with Crippen LogP contribution in [0.1, 0.15) is 15.9 Å². The van der Waals surface area contributed by atoms with Crippen molar-refractivity contribution in [2.45, 2.75) is 11.8 Å². The van der Waals surface area contributed by atoms with Gasteiger partial charge in [0.1, 0.15) is 4.90 Å². The van der Waals surface area contributed by atoms with Crippen LogP contribution in [0.2, 0.25) is 0 Å². The molecule has 0 saturated carbocycles. The van der Waals surface area contributed by atoms with Gasteiger partial charge in [-0.05, 0) is 37.3 Å². The maximum atomic E-state index is 12.2. The molecule has 2 rings (SSSR count). The van der Waals surface area contributed by atoms with Gasteiger partial charge in [-0.25, -0.2) is 13.2 Å². The van der Waals surface area contributed by atoms with Gasteiger partial charge in [-0.3, -0.25) is 4.72 Å². The van der Waals surface area contributed by atoms with Crippen molar-refractivity contribution >= 4 is 27.4 Å². The Labute approximate surface area is 122 Å². The summed E-state index contributed by atoms with van der Waals surface area (Å²) in [5.74, 6) is -1.17. The third-order valence-corrected chi connectivity index (χ3v) is 4.31. The quantitative estimate of drug-likeness (QED) is 0.749. The SMILES string of the molecule is Cc1ccc(NS(=O)(=O)c2ccc(C(=O)O)cc2N)cc1. The van der Waals surface area contributed by atoms with Gasteiger partial charge in [0, 0.05) is 5.69 Å². The maximum absolute atomic E-state index is 12.2. The molecule has 0 fully saturated rings. The van der Waals surface area contributed by atoms with Crippen molar-refractivity contribution in [3.8, 4) is 0 Å². The van der Waals surface area contributed by atoms with Crippen LogP contribution < -0.4 is 10.5 Å². The first kappa shape index (κ1) is 14.9. The molecule has 0 radical (unpaired) electrons. The van der Waals surface area contributed by atoms with Crippen LogP contribution in [0.15, 0.2) is 47.4 Å². The van der Waals surface area contributed by atoms with E-state index in [4.69, 9.17) is 10.8 Å². The minimum atomic E-state index is -3.87. The fourth-order valence-corrected chi connectivity index (χ4v) is 2.93. The number of nitrogen functional groups attached to an aromatic ring is 1. The Kier molecular flexibility index (Phi) is 3.86. The number of carboxylic acids is 1. The second kappa shape index (κ2) is 5.45. The number of aryl methyl sites for hydroxylation is 1. The van der Waals surface area contributed by atoms with Gasteiger partial charge in [-0.1, -0.05) is 17.7 Å². The van der Waals surface area contributed by atoms with Crippen molar-refractivity contribution in [3.05, 3.63) is 53.6 Å². The second-order valence-corrected chi connectivity index (χ2v) is 6.18. The summed E-state index contributed by atoms with van der Waals surface area (Å²) in [4.78, 5) is 10.7. The largest absolute Gasteiger partial charge is 0.478 e. The molecule has 21 heavy (non-hydrogen) atoms. The van der Waals surface area contributed by atoms with Gasteiger partial charge in [-0.2, -0.15) is 0 Å². The van der Waals surface area contributed by atoms with E-state index >= 15 is 0 Å². The number of aromatic carboxylic acids is 1.